The van der Waals surface area contributed by atoms with Crippen LogP contribution in [0.3, 0.4) is 0 Å². The van der Waals surface area contributed by atoms with E-state index in [1.165, 1.54) is 0 Å². The number of hydrogen-bond acceptors (Lipinski definition) is 2. The monoisotopic (exact) mass is 456 g/mol. The van der Waals surface area contributed by atoms with Gasteiger partial charge in [0.05, 0.1) is 5.69 Å². The number of anilines is 1. The van der Waals surface area contributed by atoms with Crippen LogP contribution in [0.15, 0.2) is 59.1 Å². The Hall–Kier alpha value is -2.54. The van der Waals surface area contributed by atoms with E-state index < -0.39 is 0 Å². The van der Waals surface area contributed by atoms with E-state index in [1.807, 2.05) is 57.2 Å². The van der Waals surface area contributed by atoms with E-state index in [9.17, 15) is 9.59 Å². The lowest BCUT2D eigenvalue weighted by Gasteiger charge is -2.36. The first kappa shape index (κ1) is 19.8. The number of para-hydroxylation sites is 1. The van der Waals surface area contributed by atoms with Crippen molar-refractivity contribution in [2.24, 2.45) is 0 Å². The van der Waals surface area contributed by atoms with Gasteiger partial charge in [-0.2, -0.15) is 0 Å². The van der Waals surface area contributed by atoms with Gasteiger partial charge in [0.2, 0.25) is 0 Å². The molecule has 0 unspecified atom stereocenters. The van der Waals surface area contributed by atoms with Crippen LogP contribution in [0, 0.1) is 0 Å². The zero-order valence-electron chi connectivity index (χ0n) is 16.3. The molecule has 2 heterocycles. The molecule has 4 rings (SSSR count). The molecule has 0 atom stereocenters. The van der Waals surface area contributed by atoms with E-state index in [0.717, 1.165) is 41.7 Å². The molecule has 0 bridgehead atoms. The van der Waals surface area contributed by atoms with Crippen molar-refractivity contribution in [3.63, 3.8) is 0 Å². The molecule has 0 aromatic heterocycles. The van der Waals surface area contributed by atoms with Crippen LogP contribution in [0.1, 0.15) is 18.4 Å². The van der Waals surface area contributed by atoms with E-state index in [4.69, 9.17) is 0 Å². The molecule has 6 nitrogen and oxygen atoms in total. The van der Waals surface area contributed by atoms with Gasteiger partial charge in [-0.1, -0.05) is 42.5 Å². The average molecular weight is 457 g/mol. The Morgan fingerprint density at radius 2 is 1.66 bits per heavy atom. The average Bonchev–Trinajstić information content (AvgIpc) is 3.11. The molecule has 2 fully saturated rings. The first-order valence-corrected chi connectivity index (χ1v) is 10.8. The number of urea groups is 2. The van der Waals surface area contributed by atoms with Crippen LogP contribution in [0.4, 0.5) is 15.3 Å². The Morgan fingerprint density at radius 3 is 2.38 bits per heavy atom. The summed E-state index contributed by atoms with van der Waals surface area (Å²) in [6, 6.07) is 17.9. The number of halogens is 1. The molecule has 0 aliphatic carbocycles. The molecular weight excluding hydrogens is 432 g/mol. The lowest BCUT2D eigenvalue weighted by molar-refractivity contribution is 0.139. The highest BCUT2D eigenvalue weighted by molar-refractivity contribution is 9.10. The largest absolute Gasteiger partial charge is 0.324 e. The van der Waals surface area contributed by atoms with Crippen LogP contribution in [0.2, 0.25) is 0 Å². The summed E-state index contributed by atoms with van der Waals surface area (Å²) in [4.78, 5) is 31.2. The van der Waals surface area contributed by atoms with E-state index in [2.05, 4.69) is 33.4 Å². The SMILES string of the molecule is O=C(Nc1ccccc1Br)N1CCC(N2CCN(Cc3ccccc3)C2=O)CC1. The number of nitrogens with zero attached hydrogens (tertiary/aromatic N) is 3. The lowest BCUT2D eigenvalue weighted by atomic mass is 10.0. The van der Waals surface area contributed by atoms with Gasteiger partial charge in [0.1, 0.15) is 0 Å². The highest BCUT2D eigenvalue weighted by Crippen LogP contribution is 2.25. The summed E-state index contributed by atoms with van der Waals surface area (Å²) in [5.74, 6) is 0. The summed E-state index contributed by atoms with van der Waals surface area (Å²) in [5, 5.41) is 2.96. The molecule has 4 amide bonds. The molecule has 2 aliphatic rings. The quantitative estimate of drug-likeness (QED) is 0.741. The smallest absolute Gasteiger partial charge is 0.321 e. The highest BCUT2D eigenvalue weighted by Gasteiger charge is 2.36. The van der Waals surface area contributed by atoms with Crippen molar-refractivity contribution in [2.75, 3.05) is 31.5 Å². The first-order chi connectivity index (χ1) is 14.1. The number of piperidine rings is 1. The fourth-order valence-electron chi connectivity index (χ4n) is 4.03. The van der Waals surface area contributed by atoms with Gasteiger partial charge >= 0.3 is 12.1 Å². The van der Waals surface area contributed by atoms with E-state index >= 15 is 0 Å². The number of nitrogens with one attached hydrogen (secondary N) is 1. The minimum absolute atomic E-state index is 0.0891. The zero-order valence-corrected chi connectivity index (χ0v) is 17.8. The lowest BCUT2D eigenvalue weighted by Crippen LogP contribution is -2.49. The van der Waals surface area contributed by atoms with Gasteiger partial charge in [-0.25, -0.2) is 9.59 Å². The Bertz CT molecular complexity index is 868. The summed E-state index contributed by atoms with van der Waals surface area (Å²) in [6.45, 7) is 3.49. The summed E-state index contributed by atoms with van der Waals surface area (Å²) >= 11 is 3.46. The Balaban J connectivity index is 1.29. The van der Waals surface area contributed by atoms with Gasteiger partial charge in [0, 0.05) is 43.2 Å². The van der Waals surface area contributed by atoms with Crippen molar-refractivity contribution in [1.82, 2.24) is 14.7 Å². The van der Waals surface area contributed by atoms with Gasteiger partial charge in [-0.15, -0.1) is 0 Å². The number of amides is 4. The van der Waals surface area contributed by atoms with Crippen LogP contribution in [0.5, 0.6) is 0 Å². The molecule has 29 heavy (non-hydrogen) atoms. The minimum Gasteiger partial charge on any atom is -0.324 e. The van der Waals surface area contributed by atoms with Gasteiger partial charge < -0.3 is 20.0 Å². The number of benzene rings is 2. The molecule has 2 saturated heterocycles. The topological polar surface area (TPSA) is 55.9 Å². The summed E-state index contributed by atoms with van der Waals surface area (Å²) in [7, 11) is 0. The second-order valence-corrected chi connectivity index (χ2v) is 8.37. The maximum Gasteiger partial charge on any atom is 0.321 e. The predicted molar refractivity (Wildman–Crippen MR) is 117 cm³/mol. The third-order valence-corrected chi connectivity index (χ3v) is 6.34. The van der Waals surface area contributed by atoms with Crippen LogP contribution in [-0.4, -0.2) is 59.0 Å². The molecule has 152 valence electrons. The summed E-state index contributed by atoms with van der Waals surface area (Å²) < 4.78 is 0.865. The normalized spacial score (nSPS) is 17.7. The van der Waals surface area contributed by atoms with Crippen molar-refractivity contribution in [3.05, 3.63) is 64.6 Å². The van der Waals surface area contributed by atoms with Crippen molar-refractivity contribution < 1.29 is 9.59 Å². The third kappa shape index (κ3) is 4.56. The molecule has 2 aromatic rings. The number of rotatable bonds is 4. The second kappa shape index (κ2) is 8.86. The standard InChI is InChI=1S/C22H25BrN4O2/c23-19-8-4-5-9-20(19)24-21(28)25-12-10-18(11-13-25)27-15-14-26(22(27)29)16-17-6-2-1-3-7-17/h1-9,18H,10-16H2,(H,24,28). The Labute approximate surface area is 179 Å². The number of hydrogen-bond donors (Lipinski definition) is 1. The van der Waals surface area contributed by atoms with Crippen molar-refractivity contribution in [2.45, 2.75) is 25.4 Å². The van der Waals surface area contributed by atoms with Crippen molar-refractivity contribution in [1.29, 1.82) is 0 Å². The van der Waals surface area contributed by atoms with E-state index in [-0.39, 0.29) is 18.1 Å². The number of carbonyl (C=O) groups excluding carboxylic acids is 2. The number of likely N-dealkylation sites (tertiary alicyclic amines) is 1. The van der Waals surface area contributed by atoms with Crippen molar-refractivity contribution in [3.8, 4) is 0 Å². The molecule has 0 spiro atoms. The van der Waals surface area contributed by atoms with Gasteiger partial charge in [0.15, 0.2) is 0 Å². The third-order valence-electron chi connectivity index (χ3n) is 5.65. The fourth-order valence-corrected chi connectivity index (χ4v) is 4.41. The van der Waals surface area contributed by atoms with E-state index in [0.29, 0.717) is 19.6 Å². The van der Waals surface area contributed by atoms with Gasteiger partial charge in [-0.05, 0) is 46.5 Å². The van der Waals surface area contributed by atoms with Crippen LogP contribution < -0.4 is 5.32 Å². The van der Waals surface area contributed by atoms with Crippen molar-refractivity contribution >= 4 is 33.7 Å². The molecule has 2 aliphatic heterocycles. The predicted octanol–water partition coefficient (Wildman–Crippen LogP) is 4.38. The number of carbonyl (C=O) groups is 2. The Kier molecular flexibility index (Phi) is 6.04. The first-order valence-electron chi connectivity index (χ1n) is 10.0. The van der Waals surface area contributed by atoms with Gasteiger partial charge in [0.25, 0.3) is 0 Å². The zero-order chi connectivity index (χ0) is 20.2. The molecule has 0 saturated carbocycles. The van der Waals surface area contributed by atoms with Crippen LogP contribution in [0.25, 0.3) is 0 Å². The molecule has 0 radical (unpaired) electrons. The Morgan fingerprint density at radius 1 is 0.966 bits per heavy atom. The maximum atomic E-state index is 12.9. The van der Waals surface area contributed by atoms with Crippen LogP contribution >= 0.6 is 15.9 Å². The van der Waals surface area contributed by atoms with Crippen LogP contribution in [-0.2, 0) is 6.54 Å². The second-order valence-electron chi connectivity index (χ2n) is 7.51. The highest BCUT2D eigenvalue weighted by atomic mass is 79.9. The summed E-state index contributed by atoms with van der Waals surface area (Å²) in [5.41, 5.74) is 1.92. The fraction of sp³-hybridized carbons (Fsp3) is 0.364. The molecule has 1 N–H and O–H groups in total. The molecular formula is C22H25BrN4O2. The van der Waals surface area contributed by atoms with Gasteiger partial charge in [-0.3, -0.25) is 0 Å². The van der Waals surface area contributed by atoms with E-state index in [1.54, 1.807) is 0 Å². The molecule has 2 aromatic carbocycles. The molecule has 7 heteroatoms. The summed E-state index contributed by atoms with van der Waals surface area (Å²) in [6.07, 6.45) is 1.63. The maximum absolute atomic E-state index is 12.9. The minimum atomic E-state index is -0.0891.